The minimum absolute atomic E-state index is 0.0640. The second-order valence-electron chi connectivity index (χ2n) is 9.03. The molecule has 2 amide bonds. The summed E-state index contributed by atoms with van der Waals surface area (Å²) >= 11 is 1.58. The number of anilines is 1. The highest BCUT2D eigenvalue weighted by Crippen LogP contribution is 2.37. The van der Waals surface area contributed by atoms with Crippen LogP contribution in [0.2, 0.25) is 0 Å². The predicted molar refractivity (Wildman–Crippen MR) is 131 cm³/mol. The van der Waals surface area contributed by atoms with Crippen LogP contribution in [0.15, 0.2) is 18.2 Å². The van der Waals surface area contributed by atoms with Crippen LogP contribution in [0.5, 0.6) is 11.5 Å². The average molecular weight is 597 g/mol. The molecule has 1 fully saturated rings. The Labute approximate surface area is 228 Å². The fourth-order valence-electron chi connectivity index (χ4n) is 4.19. The molecular weight excluding hydrogens is 570 g/mol. The van der Waals surface area contributed by atoms with Gasteiger partial charge in [-0.05, 0) is 25.5 Å². The number of aromatic nitrogens is 2. The van der Waals surface area contributed by atoms with Gasteiger partial charge in [-0.3, -0.25) is 14.3 Å². The van der Waals surface area contributed by atoms with E-state index < -0.39 is 37.7 Å². The van der Waals surface area contributed by atoms with E-state index in [4.69, 9.17) is 9.47 Å². The number of aryl methyl sites for hydroxylation is 1. The van der Waals surface area contributed by atoms with Crippen molar-refractivity contribution in [2.45, 2.75) is 44.9 Å². The summed E-state index contributed by atoms with van der Waals surface area (Å²) < 4.78 is 90.4. The van der Waals surface area contributed by atoms with Gasteiger partial charge in [0.1, 0.15) is 22.9 Å². The van der Waals surface area contributed by atoms with Gasteiger partial charge in [0.25, 0.3) is 5.91 Å². The van der Waals surface area contributed by atoms with E-state index in [0.717, 1.165) is 0 Å². The first-order chi connectivity index (χ1) is 18.8. The molecule has 0 radical (unpaired) electrons. The van der Waals surface area contributed by atoms with E-state index in [1.54, 1.807) is 18.7 Å². The van der Waals surface area contributed by atoms with Gasteiger partial charge in [-0.25, -0.2) is 4.68 Å². The Hall–Kier alpha value is -3.14. The number of ether oxygens (including phenoxy) is 3. The number of carbonyl (C=O) groups is 2. The largest absolute Gasteiger partial charge is 0.522 e. The summed E-state index contributed by atoms with van der Waals surface area (Å²) in [6, 6.07) is 3.41. The van der Waals surface area contributed by atoms with Crippen LogP contribution in [0, 0.1) is 5.92 Å². The van der Waals surface area contributed by atoms with E-state index >= 15 is 0 Å². The molecule has 1 saturated heterocycles. The number of carbonyl (C=O) groups excluding carboxylic acids is 2. The fraction of sp³-hybridized carbons (Fsp3) is 0.542. The Kier molecular flexibility index (Phi) is 9.07. The maximum Gasteiger partial charge on any atom is 0.522 e. The summed E-state index contributed by atoms with van der Waals surface area (Å²) in [5.74, 6) is 0.272. The molecule has 1 atom stereocenters. The third-order valence-electron chi connectivity index (χ3n) is 6.05. The third-order valence-corrected chi connectivity index (χ3v) is 7.32. The molecule has 1 aromatic heterocycles. The zero-order chi connectivity index (χ0) is 29.1. The van der Waals surface area contributed by atoms with Gasteiger partial charge in [0.15, 0.2) is 6.61 Å². The number of benzene rings is 1. The molecule has 0 aliphatic carbocycles. The van der Waals surface area contributed by atoms with Gasteiger partial charge in [-0.15, -0.1) is 13.2 Å². The predicted octanol–water partition coefficient (Wildman–Crippen LogP) is 4.48. The van der Waals surface area contributed by atoms with Crippen molar-refractivity contribution in [1.29, 1.82) is 0 Å². The first-order valence-corrected chi connectivity index (χ1v) is 13.5. The second kappa shape index (κ2) is 12.2. The monoisotopic (exact) mass is 596 g/mol. The topological polar surface area (TPSA) is 104 Å². The number of thioether (sulfide) groups is 1. The van der Waals surface area contributed by atoms with Gasteiger partial charge in [-0.2, -0.15) is 30.0 Å². The van der Waals surface area contributed by atoms with Crippen molar-refractivity contribution in [2.75, 3.05) is 36.6 Å². The van der Waals surface area contributed by atoms with Gasteiger partial charge in [0, 0.05) is 36.1 Å². The zero-order valence-corrected chi connectivity index (χ0v) is 22.0. The number of amides is 2. The number of nitrogens with one attached hydrogen (secondary N) is 2. The van der Waals surface area contributed by atoms with Crippen LogP contribution >= 0.6 is 11.8 Å². The quantitative estimate of drug-likeness (QED) is 0.291. The Morgan fingerprint density at radius 1 is 1.20 bits per heavy atom. The molecule has 220 valence electrons. The SMILES string of the molecule is CCOc1cc(OCC(F)(F)F)ccc1C1Cc2nn(CCCOC(F)(F)F)c(NC(=O)C3CSC3)c2C(=O)N1. The Balaban J connectivity index is 1.58. The molecule has 1 aromatic carbocycles. The number of hydrogen-bond acceptors (Lipinski definition) is 7. The molecule has 3 heterocycles. The molecule has 4 rings (SSSR count). The van der Waals surface area contributed by atoms with E-state index in [1.165, 1.54) is 22.9 Å². The summed E-state index contributed by atoms with van der Waals surface area (Å²) in [7, 11) is 0. The molecule has 2 aromatic rings. The summed E-state index contributed by atoms with van der Waals surface area (Å²) in [5.41, 5.74) is 0.852. The van der Waals surface area contributed by atoms with Crippen molar-refractivity contribution in [3.05, 3.63) is 35.0 Å². The number of hydrogen-bond donors (Lipinski definition) is 2. The van der Waals surface area contributed by atoms with Crippen molar-refractivity contribution >= 4 is 29.4 Å². The number of halogens is 6. The smallest absolute Gasteiger partial charge is 0.493 e. The fourth-order valence-corrected chi connectivity index (χ4v) is 4.96. The second-order valence-corrected chi connectivity index (χ2v) is 10.1. The molecule has 0 saturated carbocycles. The van der Waals surface area contributed by atoms with Crippen molar-refractivity contribution in [3.8, 4) is 11.5 Å². The van der Waals surface area contributed by atoms with Gasteiger partial charge >= 0.3 is 12.5 Å². The van der Waals surface area contributed by atoms with E-state index in [-0.39, 0.29) is 60.7 Å². The Morgan fingerprint density at radius 3 is 2.58 bits per heavy atom. The van der Waals surface area contributed by atoms with Crippen LogP contribution in [0.3, 0.4) is 0 Å². The Morgan fingerprint density at radius 2 is 1.95 bits per heavy atom. The third kappa shape index (κ3) is 7.53. The lowest BCUT2D eigenvalue weighted by Crippen LogP contribution is -2.37. The molecule has 0 bridgehead atoms. The molecule has 1 unspecified atom stereocenters. The molecule has 2 aliphatic heterocycles. The summed E-state index contributed by atoms with van der Waals surface area (Å²) in [5, 5.41) is 9.96. The summed E-state index contributed by atoms with van der Waals surface area (Å²) in [6.45, 7) is -0.321. The number of fused-ring (bicyclic) bond motifs is 1. The van der Waals surface area contributed by atoms with Crippen LogP contribution in [-0.4, -0.2) is 65.5 Å². The molecule has 0 spiro atoms. The summed E-state index contributed by atoms with van der Waals surface area (Å²) in [6.07, 6.45) is -9.29. The van der Waals surface area contributed by atoms with Crippen molar-refractivity contribution in [2.24, 2.45) is 5.92 Å². The maximum atomic E-state index is 13.3. The van der Waals surface area contributed by atoms with Crippen molar-refractivity contribution in [3.63, 3.8) is 0 Å². The molecule has 2 aliphatic rings. The van der Waals surface area contributed by atoms with Crippen molar-refractivity contribution in [1.82, 2.24) is 15.1 Å². The lowest BCUT2D eigenvalue weighted by molar-refractivity contribution is -0.324. The van der Waals surface area contributed by atoms with Gasteiger partial charge in [-0.1, -0.05) is 0 Å². The first kappa shape index (κ1) is 29.8. The molecule has 9 nitrogen and oxygen atoms in total. The van der Waals surface area contributed by atoms with Crippen LogP contribution in [0.4, 0.5) is 32.2 Å². The van der Waals surface area contributed by atoms with Gasteiger partial charge in [0.05, 0.1) is 30.9 Å². The van der Waals surface area contributed by atoms with Crippen LogP contribution in [0.1, 0.15) is 41.0 Å². The van der Waals surface area contributed by atoms with Gasteiger partial charge < -0.3 is 20.1 Å². The van der Waals surface area contributed by atoms with Crippen LogP contribution < -0.4 is 20.1 Å². The van der Waals surface area contributed by atoms with Crippen LogP contribution in [-0.2, 0) is 22.5 Å². The molecule has 16 heteroatoms. The maximum absolute atomic E-state index is 13.3. The Bertz CT molecular complexity index is 1230. The highest BCUT2D eigenvalue weighted by Gasteiger charge is 2.36. The number of nitrogens with zero attached hydrogens (tertiary/aromatic N) is 2. The lowest BCUT2D eigenvalue weighted by Gasteiger charge is -2.26. The molecule has 2 N–H and O–H groups in total. The normalized spacial score (nSPS) is 17.6. The minimum atomic E-state index is -4.79. The lowest BCUT2D eigenvalue weighted by atomic mass is 9.94. The van der Waals surface area contributed by atoms with E-state index in [9.17, 15) is 35.9 Å². The molecule has 40 heavy (non-hydrogen) atoms. The van der Waals surface area contributed by atoms with Crippen molar-refractivity contribution < 1.29 is 50.1 Å². The zero-order valence-electron chi connectivity index (χ0n) is 21.2. The summed E-state index contributed by atoms with van der Waals surface area (Å²) in [4.78, 5) is 25.9. The van der Waals surface area contributed by atoms with Crippen LogP contribution in [0.25, 0.3) is 0 Å². The number of alkyl halides is 6. The standard InChI is InChI=1S/C24H26F6N4O5S/c1-2-37-18-8-14(38-12-23(25,26)27)4-5-15(18)16-9-17-19(22(36)31-16)20(32-21(35)13-10-40-11-13)34(33-17)6-3-7-39-24(28,29)30/h4-5,8,13,16H,2-3,6-7,9-12H2,1H3,(H,31,36)(H,32,35). The first-order valence-electron chi connectivity index (χ1n) is 12.3. The van der Waals surface area contributed by atoms with E-state index in [2.05, 4.69) is 20.5 Å². The van der Waals surface area contributed by atoms with Gasteiger partial charge in [0.2, 0.25) is 5.91 Å². The average Bonchev–Trinajstić information content (AvgIpc) is 3.16. The number of rotatable bonds is 11. The van der Waals surface area contributed by atoms with E-state index in [1.807, 2.05) is 0 Å². The van der Waals surface area contributed by atoms with E-state index in [0.29, 0.717) is 22.8 Å². The minimum Gasteiger partial charge on any atom is -0.493 e. The highest BCUT2D eigenvalue weighted by atomic mass is 32.2. The molecular formula is C24H26F6N4O5S. The highest BCUT2D eigenvalue weighted by molar-refractivity contribution is 8.00.